The van der Waals surface area contributed by atoms with Crippen LogP contribution in [0.5, 0.6) is 11.5 Å². The second-order valence-corrected chi connectivity index (χ2v) is 11.8. The number of nitrogens with zero attached hydrogens (tertiary/aromatic N) is 2. The van der Waals surface area contributed by atoms with Gasteiger partial charge in [-0.15, -0.1) is 11.8 Å². The number of carboxylic acids is 1. The standard InChI is InChI=1S/C30H36ClFN2O4S/c1-37-21-4-7-23(8-5-21)39-17-3-14-34-15-12-30(13-16-34,19-28(35)36)11-10-26(32)29-24-18-22(38-2)6-9-27(24)33-20-25(29)31/h4-9,18,20,26H,3,10-17,19H2,1-2H3,(H,35,36). The van der Waals surface area contributed by atoms with E-state index in [-0.39, 0.29) is 17.9 Å². The number of carbonyl (C=O) groups is 1. The van der Waals surface area contributed by atoms with Crippen LogP contribution in [0.25, 0.3) is 10.9 Å². The van der Waals surface area contributed by atoms with Crippen LogP contribution in [0.15, 0.2) is 53.6 Å². The minimum Gasteiger partial charge on any atom is -0.497 e. The van der Waals surface area contributed by atoms with Crippen molar-refractivity contribution in [2.75, 3.05) is 39.6 Å². The van der Waals surface area contributed by atoms with E-state index in [0.717, 1.165) is 50.4 Å². The largest absolute Gasteiger partial charge is 0.497 e. The highest BCUT2D eigenvalue weighted by Crippen LogP contribution is 2.44. The summed E-state index contributed by atoms with van der Waals surface area (Å²) >= 11 is 8.24. The summed E-state index contributed by atoms with van der Waals surface area (Å²) in [6, 6.07) is 13.4. The predicted octanol–water partition coefficient (Wildman–Crippen LogP) is 7.44. The van der Waals surface area contributed by atoms with Gasteiger partial charge < -0.3 is 19.5 Å². The Bertz CT molecular complexity index is 1250. The van der Waals surface area contributed by atoms with Gasteiger partial charge in [0.05, 0.1) is 31.2 Å². The van der Waals surface area contributed by atoms with Crippen LogP contribution in [-0.4, -0.2) is 60.6 Å². The Morgan fingerprint density at radius 1 is 1.15 bits per heavy atom. The maximum absolute atomic E-state index is 15.8. The highest BCUT2D eigenvalue weighted by Gasteiger charge is 2.37. The first kappa shape index (κ1) is 29.4. The summed E-state index contributed by atoms with van der Waals surface area (Å²) in [6.07, 6.45) is 3.46. The number of halogens is 2. The van der Waals surface area contributed by atoms with Gasteiger partial charge in [0.15, 0.2) is 0 Å². The summed E-state index contributed by atoms with van der Waals surface area (Å²) in [5, 5.41) is 10.6. The Morgan fingerprint density at radius 2 is 1.85 bits per heavy atom. The number of rotatable bonds is 13. The zero-order chi connectivity index (χ0) is 27.8. The van der Waals surface area contributed by atoms with Gasteiger partial charge >= 0.3 is 5.97 Å². The molecule has 2 aromatic carbocycles. The molecule has 1 aliphatic rings. The van der Waals surface area contributed by atoms with Crippen molar-refractivity contribution in [3.8, 4) is 11.5 Å². The summed E-state index contributed by atoms with van der Waals surface area (Å²) in [4.78, 5) is 19.7. The lowest BCUT2D eigenvalue weighted by Crippen LogP contribution is -2.41. The Morgan fingerprint density at radius 3 is 2.51 bits per heavy atom. The van der Waals surface area contributed by atoms with E-state index in [0.29, 0.717) is 28.6 Å². The van der Waals surface area contributed by atoms with Crippen LogP contribution in [0.1, 0.15) is 50.3 Å². The lowest BCUT2D eigenvalue weighted by Gasteiger charge is -2.41. The number of fused-ring (bicyclic) bond motifs is 1. The fraction of sp³-hybridized carbons (Fsp3) is 0.467. The van der Waals surface area contributed by atoms with E-state index in [9.17, 15) is 9.90 Å². The normalized spacial score (nSPS) is 16.2. The molecule has 1 aliphatic heterocycles. The van der Waals surface area contributed by atoms with Crippen LogP contribution in [0.2, 0.25) is 5.02 Å². The van der Waals surface area contributed by atoms with Gasteiger partial charge in [-0.2, -0.15) is 0 Å². The number of benzene rings is 2. The van der Waals surface area contributed by atoms with E-state index in [1.54, 1.807) is 32.4 Å². The first-order chi connectivity index (χ1) is 18.8. The Hall–Kier alpha value is -2.55. The number of hydrogen-bond acceptors (Lipinski definition) is 6. The second-order valence-electron chi connectivity index (χ2n) is 10.2. The van der Waals surface area contributed by atoms with Gasteiger partial charge in [0, 0.05) is 22.0 Å². The number of thioether (sulfide) groups is 1. The van der Waals surface area contributed by atoms with E-state index in [2.05, 4.69) is 22.0 Å². The Kier molecular flexibility index (Phi) is 10.3. The number of aromatic nitrogens is 1. The van der Waals surface area contributed by atoms with E-state index in [1.807, 2.05) is 23.9 Å². The van der Waals surface area contributed by atoms with Crippen LogP contribution in [0.4, 0.5) is 4.39 Å². The summed E-state index contributed by atoms with van der Waals surface area (Å²) in [5.74, 6) is 1.65. The van der Waals surface area contributed by atoms with Crippen molar-refractivity contribution in [3.63, 3.8) is 0 Å². The minimum absolute atomic E-state index is 0.0551. The van der Waals surface area contributed by atoms with Gasteiger partial charge in [-0.3, -0.25) is 9.78 Å². The average Bonchev–Trinajstić information content (AvgIpc) is 2.94. The number of ether oxygens (including phenoxy) is 2. The molecular weight excluding hydrogens is 539 g/mol. The average molecular weight is 575 g/mol. The molecule has 0 spiro atoms. The zero-order valence-corrected chi connectivity index (χ0v) is 24.1. The van der Waals surface area contributed by atoms with Gasteiger partial charge in [-0.25, -0.2) is 4.39 Å². The molecule has 6 nitrogen and oxygen atoms in total. The molecule has 1 fully saturated rings. The van der Waals surface area contributed by atoms with E-state index in [1.165, 1.54) is 11.1 Å². The molecule has 0 bridgehead atoms. The Labute approximate surface area is 238 Å². The van der Waals surface area contributed by atoms with Crippen molar-refractivity contribution in [2.24, 2.45) is 5.41 Å². The number of carboxylic acid groups (broad SMARTS) is 1. The number of hydrogen-bond donors (Lipinski definition) is 1. The first-order valence-electron chi connectivity index (χ1n) is 13.3. The lowest BCUT2D eigenvalue weighted by atomic mass is 9.71. The molecule has 39 heavy (non-hydrogen) atoms. The van der Waals surface area contributed by atoms with Crippen molar-refractivity contribution in [3.05, 3.63) is 59.2 Å². The zero-order valence-electron chi connectivity index (χ0n) is 22.5. The molecule has 3 aromatic rings. The SMILES string of the molecule is COc1ccc(SCCCN2CCC(CCC(F)c3c(Cl)cnc4ccc(OC)cc34)(CC(=O)O)CC2)cc1. The summed E-state index contributed by atoms with van der Waals surface area (Å²) in [6.45, 7) is 2.62. The van der Waals surface area contributed by atoms with Gasteiger partial charge in [0.25, 0.3) is 0 Å². The van der Waals surface area contributed by atoms with Gasteiger partial charge in [0.2, 0.25) is 0 Å². The summed E-state index contributed by atoms with van der Waals surface area (Å²) in [5.41, 5.74) is 0.631. The summed E-state index contributed by atoms with van der Waals surface area (Å²) < 4.78 is 26.3. The number of likely N-dealkylation sites (tertiary alicyclic amines) is 1. The number of pyridine rings is 1. The molecule has 1 atom stereocenters. The molecule has 0 amide bonds. The fourth-order valence-electron chi connectivity index (χ4n) is 5.43. The number of piperidine rings is 1. The number of methoxy groups -OCH3 is 2. The predicted molar refractivity (Wildman–Crippen MR) is 155 cm³/mol. The molecule has 9 heteroatoms. The third-order valence-corrected chi connectivity index (χ3v) is 9.10. The molecule has 0 aliphatic carbocycles. The topological polar surface area (TPSA) is 71.9 Å². The van der Waals surface area contributed by atoms with Crippen molar-refractivity contribution in [2.45, 2.75) is 49.6 Å². The maximum Gasteiger partial charge on any atom is 0.303 e. The van der Waals surface area contributed by atoms with Crippen molar-refractivity contribution in [1.82, 2.24) is 9.88 Å². The van der Waals surface area contributed by atoms with Crippen LogP contribution in [-0.2, 0) is 4.79 Å². The number of alkyl halides is 1. The van der Waals surface area contributed by atoms with Crippen LogP contribution in [0, 0.1) is 5.41 Å². The second kappa shape index (κ2) is 13.7. The van der Waals surface area contributed by atoms with Gasteiger partial charge in [-0.1, -0.05) is 11.6 Å². The molecule has 1 aromatic heterocycles. The van der Waals surface area contributed by atoms with Crippen molar-refractivity contribution in [1.29, 1.82) is 0 Å². The van der Waals surface area contributed by atoms with E-state index >= 15 is 4.39 Å². The fourth-order valence-corrected chi connectivity index (χ4v) is 6.53. The molecule has 1 N–H and O–H groups in total. The van der Waals surface area contributed by atoms with E-state index in [4.69, 9.17) is 21.1 Å². The van der Waals surface area contributed by atoms with Crippen LogP contribution in [0.3, 0.4) is 0 Å². The Balaban J connectivity index is 1.33. The molecule has 0 radical (unpaired) electrons. The van der Waals surface area contributed by atoms with Crippen molar-refractivity contribution >= 4 is 40.2 Å². The molecule has 2 heterocycles. The lowest BCUT2D eigenvalue weighted by molar-refractivity contribution is -0.141. The van der Waals surface area contributed by atoms with E-state index < -0.39 is 17.6 Å². The molecule has 0 saturated carbocycles. The monoisotopic (exact) mass is 574 g/mol. The van der Waals surface area contributed by atoms with Gasteiger partial charge in [0.1, 0.15) is 17.7 Å². The first-order valence-corrected chi connectivity index (χ1v) is 14.7. The summed E-state index contributed by atoms with van der Waals surface area (Å²) in [7, 11) is 3.23. The third kappa shape index (κ3) is 7.77. The molecule has 210 valence electrons. The molecule has 4 rings (SSSR count). The van der Waals surface area contributed by atoms with Crippen molar-refractivity contribution < 1.29 is 23.8 Å². The highest BCUT2D eigenvalue weighted by molar-refractivity contribution is 7.99. The molecule has 1 unspecified atom stereocenters. The maximum atomic E-state index is 15.8. The molecule has 1 saturated heterocycles. The van der Waals surface area contributed by atoms with Crippen LogP contribution >= 0.6 is 23.4 Å². The third-order valence-electron chi connectivity index (χ3n) is 7.70. The minimum atomic E-state index is -1.33. The van der Waals surface area contributed by atoms with Crippen LogP contribution < -0.4 is 9.47 Å². The molecular formula is C30H36ClFN2O4S. The number of aliphatic carboxylic acids is 1. The smallest absolute Gasteiger partial charge is 0.303 e. The van der Waals surface area contributed by atoms with Gasteiger partial charge in [-0.05, 0) is 105 Å². The quantitative estimate of drug-likeness (QED) is 0.168. The highest BCUT2D eigenvalue weighted by atomic mass is 35.5.